The van der Waals surface area contributed by atoms with Gasteiger partial charge in [-0.15, -0.1) is 0 Å². The van der Waals surface area contributed by atoms with Crippen molar-refractivity contribution in [2.45, 2.75) is 0 Å². The highest BCUT2D eigenvalue weighted by molar-refractivity contribution is 6.42. The highest BCUT2D eigenvalue weighted by Crippen LogP contribution is 2.25. The van der Waals surface area contributed by atoms with Crippen molar-refractivity contribution in [3.8, 4) is 0 Å². The van der Waals surface area contributed by atoms with Gasteiger partial charge in [0.25, 0.3) is 5.69 Å². The molecule has 0 fully saturated rings. The molecule has 2 aromatic rings. The number of hydrogen-bond acceptors (Lipinski definition) is 3. The number of non-ortho nitro benzene ring substituents is 1. The fraction of sp³-hybridized carbons (Fsp3) is 0.0714. The minimum Gasteiger partial charge on any atom is -0.340 e. The molecule has 0 heterocycles. The molecular formula is C14H11Cl2N3O2. The molecule has 0 unspecified atom stereocenters. The van der Waals surface area contributed by atoms with Crippen molar-refractivity contribution in [1.29, 1.82) is 0 Å². The largest absolute Gasteiger partial charge is 0.340 e. The van der Waals surface area contributed by atoms with Gasteiger partial charge < -0.3 is 5.32 Å². The summed E-state index contributed by atoms with van der Waals surface area (Å²) in [6.45, 7) is 0. The molecule has 0 aliphatic carbocycles. The number of nitro benzene ring substituents is 1. The van der Waals surface area contributed by atoms with Gasteiger partial charge in [-0.3, -0.25) is 15.1 Å². The van der Waals surface area contributed by atoms with E-state index in [0.717, 1.165) is 0 Å². The lowest BCUT2D eigenvalue weighted by atomic mass is 10.1. The van der Waals surface area contributed by atoms with Gasteiger partial charge in [-0.05, 0) is 18.2 Å². The van der Waals surface area contributed by atoms with E-state index in [1.165, 1.54) is 12.1 Å². The standard InChI is InChI=1S/C14H11Cl2N3O2/c1-17-14(9-3-2-4-11(7-9)19(20)21)18-10-5-6-12(15)13(16)8-10/h2-8H,1H3,(H,17,18). The number of nitrogens with zero attached hydrogens (tertiary/aromatic N) is 2. The summed E-state index contributed by atoms with van der Waals surface area (Å²) in [6.07, 6.45) is 0. The summed E-state index contributed by atoms with van der Waals surface area (Å²) < 4.78 is 0. The van der Waals surface area contributed by atoms with E-state index in [0.29, 0.717) is 27.1 Å². The fourth-order valence-electron chi connectivity index (χ4n) is 1.73. The van der Waals surface area contributed by atoms with E-state index >= 15 is 0 Å². The first-order valence-electron chi connectivity index (χ1n) is 5.95. The Morgan fingerprint density at radius 2 is 1.95 bits per heavy atom. The molecule has 0 aromatic heterocycles. The molecule has 0 amide bonds. The zero-order chi connectivity index (χ0) is 15.4. The molecular weight excluding hydrogens is 313 g/mol. The maximum atomic E-state index is 10.8. The summed E-state index contributed by atoms with van der Waals surface area (Å²) in [5.74, 6) is 0.497. The average Bonchev–Trinajstić information content (AvgIpc) is 2.48. The summed E-state index contributed by atoms with van der Waals surface area (Å²) >= 11 is 11.8. The molecule has 108 valence electrons. The Kier molecular flexibility index (Phi) is 4.77. The molecule has 0 aliphatic rings. The van der Waals surface area contributed by atoms with Gasteiger partial charge in [0.1, 0.15) is 5.84 Å². The van der Waals surface area contributed by atoms with E-state index in [1.807, 2.05) is 0 Å². The third-order valence-electron chi connectivity index (χ3n) is 2.74. The lowest BCUT2D eigenvalue weighted by Crippen LogP contribution is -2.13. The van der Waals surface area contributed by atoms with Crippen molar-refractivity contribution in [2.75, 3.05) is 12.4 Å². The van der Waals surface area contributed by atoms with E-state index in [4.69, 9.17) is 23.2 Å². The Hall–Kier alpha value is -2.11. The van der Waals surface area contributed by atoms with Gasteiger partial charge in [0.2, 0.25) is 0 Å². The maximum Gasteiger partial charge on any atom is 0.270 e. The Morgan fingerprint density at radius 3 is 2.57 bits per heavy atom. The van der Waals surface area contributed by atoms with Crippen LogP contribution in [-0.2, 0) is 0 Å². The first-order chi connectivity index (χ1) is 10.0. The summed E-state index contributed by atoms with van der Waals surface area (Å²) in [5.41, 5.74) is 1.30. The van der Waals surface area contributed by atoms with Crippen LogP contribution in [0.25, 0.3) is 0 Å². The van der Waals surface area contributed by atoms with Crippen molar-refractivity contribution in [1.82, 2.24) is 0 Å². The summed E-state index contributed by atoms with van der Waals surface area (Å²) in [7, 11) is 1.60. The number of halogens is 2. The summed E-state index contributed by atoms with van der Waals surface area (Å²) in [4.78, 5) is 14.5. The number of amidine groups is 1. The zero-order valence-electron chi connectivity index (χ0n) is 11.0. The molecule has 2 rings (SSSR count). The molecule has 0 spiro atoms. The zero-order valence-corrected chi connectivity index (χ0v) is 12.5. The SMILES string of the molecule is CN=C(Nc1ccc(Cl)c(Cl)c1)c1cccc([N+](=O)[O-])c1. The number of nitro groups is 1. The molecule has 0 saturated carbocycles. The van der Waals surface area contributed by atoms with E-state index < -0.39 is 4.92 Å². The lowest BCUT2D eigenvalue weighted by molar-refractivity contribution is -0.384. The number of aliphatic imine (C=N–C) groups is 1. The monoisotopic (exact) mass is 323 g/mol. The van der Waals surface area contributed by atoms with Gasteiger partial charge in [0.15, 0.2) is 0 Å². The molecule has 0 aliphatic heterocycles. The van der Waals surface area contributed by atoms with Gasteiger partial charge in [-0.25, -0.2) is 0 Å². The van der Waals surface area contributed by atoms with E-state index in [1.54, 1.807) is 37.4 Å². The van der Waals surface area contributed by atoms with Crippen LogP contribution in [0.15, 0.2) is 47.5 Å². The number of hydrogen-bond donors (Lipinski definition) is 1. The van der Waals surface area contributed by atoms with Crippen LogP contribution in [0.3, 0.4) is 0 Å². The van der Waals surface area contributed by atoms with Crippen LogP contribution in [0, 0.1) is 10.1 Å². The predicted molar refractivity (Wildman–Crippen MR) is 85.6 cm³/mol. The molecule has 0 saturated heterocycles. The van der Waals surface area contributed by atoms with E-state index in [9.17, 15) is 10.1 Å². The minimum absolute atomic E-state index is 0.00425. The van der Waals surface area contributed by atoms with Crippen LogP contribution in [0.4, 0.5) is 11.4 Å². The number of benzene rings is 2. The fourth-order valence-corrected chi connectivity index (χ4v) is 2.03. The van der Waals surface area contributed by atoms with Crippen LogP contribution >= 0.6 is 23.2 Å². The Morgan fingerprint density at radius 1 is 1.19 bits per heavy atom. The molecule has 0 radical (unpaired) electrons. The molecule has 2 aromatic carbocycles. The van der Waals surface area contributed by atoms with Crippen LogP contribution in [0.1, 0.15) is 5.56 Å². The van der Waals surface area contributed by atoms with Gasteiger partial charge in [-0.1, -0.05) is 35.3 Å². The number of rotatable bonds is 3. The molecule has 0 atom stereocenters. The van der Waals surface area contributed by atoms with E-state index in [2.05, 4.69) is 10.3 Å². The van der Waals surface area contributed by atoms with Gasteiger partial charge in [-0.2, -0.15) is 0 Å². The molecule has 5 nitrogen and oxygen atoms in total. The van der Waals surface area contributed by atoms with Crippen molar-refractivity contribution in [3.05, 3.63) is 68.2 Å². The Balaban J connectivity index is 2.30. The molecule has 21 heavy (non-hydrogen) atoms. The van der Waals surface area contributed by atoms with Crippen LogP contribution in [0.5, 0.6) is 0 Å². The van der Waals surface area contributed by atoms with Crippen LogP contribution in [-0.4, -0.2) is 17.8 Å². The molecule has 7 heteroatoms. The second-order valence-corrected chi connectivity index (χ2v) is 4.95. The quantitative estimate of drug-likeness (QED) is 0.394. The highest BCUT2D eigenvalue weighted by Gasteiger charge is 2.10. The summed E-state index contributed by atoms with van der Waals surface area (Å²) in [5, 5.41) is 14.7. The van der Waals surface area contributed by atoms with Crippen molar-refractivity contribution < 1.29 is 4.92 Å². The van der Waals surface area contributed by atoms with E-state index in [-0.39, 0.29) is 5.69 Å². The highest BCUT2D eigenvalue weighted by atomic mass is 35.5. The van der Waals surface area contributed by atoms with Gasteiger partial charge >= 0.3 is 0 Å². The third-order valence-corrected chi connectivity index (χ3v) is 3.48. The van der Waals surface area contributed by atoms with Crippen LogP contribution in [0.2, 0.25) is 10.0 Å². The summed E-state index contributed by atoms with van der Waals surface area (Å²) in [6, 6.07) is 11.3. The van der Waals surface area contributed by atoms with Crippen molar-refractivity contribution in [2.24, 2.45) is 4.99 Å². The second kappa shape index (κ2) is 6.56. The third kappa shape index (κ3) is 3.71. The molecule has 0 bridgehead atoms. The van der Waals surface area contributed by atoms with Crippen molar-refractivity contribution >= 4 is 40.4 Å². The minimum atomic E-state index is -0.448. The Labute approximate surface area is 131 Å². The van der Waals surface area contributed by atoms with Gasteiger partial charge in [0.05, 0.1) is 15.0 Å². The first kappa shape index (κ1) is 15.3. The van der Waals surface area contributed by atoms with Gasteiger partial charge in [0, 0.05) is 30.4 Å². The normalized spacial score (nSPS) is 11.3. The first-order valence-corrected chi connectivity index (χ1v) is 6.70. The average molecular weight is 324 g/mol. The Bertz CT molecular complexity index is 717. The maximum absolute atomic E-state index is 10.8. The van der Waals surface area contributed by atoms with Crippen molar-refractivity contribution in [3.63, 3.8) is 0 Å². The predicted octanol–water partition coefficient (Wildman–Crippen LogP) is 4.39. The second-order valence-electron chi connectivity index (χ2n) is 4.13. The lowest BCUT2D eigenvalue weighted by Gasteiger charge is -2.10. The van der Waals surface area contributed by atoms with Crippen LogP contribution < -0.4 is 5.32 Å². The number of nitrogens with one attached hydrogen (secondary N) is 1. The smallest absolute Gasteiger partial charge is 0.270 e. The topological polar surface area (TPSA) is 67.5 Å². The molecule has 1 N–H and O–H groups in total. The number of anilines is 1.